The van der Waals surface area contributed by atoms with Crippen molar-refractivity contribution in [2.75, 3.05) is 40.4 Å². The van der Waals surface area contributed by atoms with E-state index in [1.165, 1.54) is 41.6 Å². The van der Waals surface area contributed by atoms with Gasteiger partial charge in [-0.2, -0.15) is 10.2 Å². The maximum absolute atomic E-state index is 12.3. The van der Waals surface area contributed by atoms with Gasteiger partial charge in [-0.3, -0.25) is 9.59 Å². The number of nitrogens with zero attached hydrogens (tertiary/aromatic N) is 6. The monoisotopic (exact) mass is 1600 g/mol. The van der Waals surface area contributed by atoms with E-state index >= 15 is 0 Å². The van der Waals surface area contributed by atoms with E-state index in [9.17, 15) is 39.6 Å². The number of esters is 2. The molecule has 4 aliphatic rings. The van der Waals surface area contributed by atoms with Gasteiger partial charge >= 0.3 is 46.9 Å². The molecule has 10 aromatic rings. The third kappa shape index (κ3) is 19.5. The maximum Gasteiger partial charge on any atom is -0.0134 e. The van der Waals surface area contributed by atoms with Crippen LogP contribution in [0.15, 0.2) is 235 Å². The fourth-order valence-corrected chi connectivity index (χ4v) is 16.9. The first-order valence-electron chi connectivity index (χ1n) is 32.9. The van der Waals surface area contributed by atoms with Crippen LogP contribution in [0, 0.1) is 24.2 Å². The molecule has 0 radical (unpaired) electrons. The molecule has 2 aromatic heterocycles. The van der Waals surface area contributed by atoms with Crippen molar-refractivity contribution in [2.45, 2.75) is 75.8 Å². The molecule has 22 heteroatoms. The number of aromatic nitrogens is 4. The number of halogens is 3. The van der Waals surface area contributed by atoms with E-state index in [2.05, 4.69) is 226 Å². The fraction of sp³-hybridized carbons (Fsp3) is 0.225. The van der Waals surface area contributed by atoms with Gasteiger partial charge in [0, 0.05) is 61.2 Å². The Hall–Kier alpha value is -8.40. The predicted molar refractivity (Wildman–Crippen MR) is 405 cm³/mol. The molecule has 8 aromatic carbocycles. The summed E-state index contributed by atoms with van der Waals surface area (Å²) >= 11 is 3.32. The zero-order valence-corrected chi connectivity index (χ0v) is 62.9. The Morgan fingerprint density at radius 2 is 0.882 bits per heavy atom. The Balaban J connectivity index is 0.000000151. The molecule has 2 unspecified atom stereocenters. The van der Waals surface area contributed by atoms with Crippen molar-refractivity contribution in [2.24, 2.45) is 0 Å². The second-order valence-corrected chi connectivity index (χ2v) is 31.3. The van der Waals surface area contributed by atoms with Crippen LogP contribution in [0.2, 0.25) is 0 Å². The van der Waals surface area contributed by atoms with Crippen LogP contribution in [0.25, 0.3) is 11.4 Å². The first-order valence-corrected chi connectivity index (χ1v) is 40.3. The minimum Gasteiger partial charge on any atom is -0.0622 e. The molecule has 2 saturated heterocycles. The van der Waals surface area contributed by atoms with Crippen molar-refractivity contribution in [3.8, 4) is 35.6 Å². The maximum atomic E-state index is 12.3. The first-order chi connectivity index (χ1) is 49.4. The van der Waals surface area contributed by atoms with Crippen molar-refractivity contribution in [3.05, 3.63) is 274 Å². The normalized spacial score (nSPS) is 17.5. The summed E-state index contributed by atoms with van der Waals surface area (Å²) in [4.78, 5) is 50.3. The SMILES string of the molecule is C#C[C@]1(O)CCN(C)C1=O.CCOC(=O)c1nn(-c2cccc(Br)c2)c2c1C(O)CC2.CCOC(=O)c1nn(-c2cccc(C#C[C@]3(O)CCN(C)C3=O)c2)c2c1C(O)CC2.[Cl][Pd][Cl].c1ccc(P(c2ccccc2)c2ccccc2)cc1.c1ccc(P(c2ccccc2)c2ccccc2)cc1. The number of likely N-dealkylation sites (tertiary alicyclic amines) is 2. The smallest absolute Gasteiger partial charge is 0.0134 e. The van der Waals surface area contributed by atoms with E-state index in [1.54, 1.807) is 55.5 Å². The van der Waals surface area contributed by atoms with Crippen molar-refractivity contribution < 1.29 is 65.0 Å². The average Bonchev–Trinajstić information content (AvgIpc) is 1.61. The zero-order chi connectivity index (χ0) is 72.8. The topological polar surface area (TPSA) is 210 Å². The van der Waals surface area contributed by atoms with Gasteiger partial charge in [0.05, 0.1) is 48.2 Å². The Kier molecular flexibility index (Phi) is 28.7. The van der Waals surface area contributed by atoms with Crippen LogP contribution in [-0.4, -0.2) is 125 Å². The number of hydrogen-bond donors (Lipinski definition) is 4. The minimum absolute atomic E-state index is 0.106. The number of benzene rings is 8. The van der Waals surface area contributed by atoms with Gasteiger partial charge in [-0.1, -0.05) is 228 Å². The number of fused-ring (bicyclic) bond motifs is 2. The standard InChI is InChI=1S/C22H23N3O5.2C18H15P.C15H15BrN2O3.C7H9NO2.2ClH.Pd/c1-3-30-20(27)19-18-16(7-8-17(18)26)25(23-19)15-6-4-5-14(13-15)9-10-22(29)11-12-24(2)21(22)28;2*1-4-10-16(11-5-1)19(17-12-6-2-7-13-17)18-14-8-3-9-15-18;1-2-21-15(20)14-13-11(6-7-12(13)19)18(17-14)10-5-3-4-9(16)8-10;1-3-7(10)4-5-8(2)6(7)9;;;/h4-6,13,17,26,29H,3,7-8,11-12H2,1-2H3;2*1-15H;3-5,8,12,19H,2,6-7H2,1H3;1,10H,4-5H2,2H3;2*1H;/q;;;;;;;+2/p-2/t17?,22-;;;;7-;;;/m0...0.../s1. The van der Waals surface area contributed by atoms with Crippen LogP contribution in [0.3, 0.4) is 0 Å². The van der Waals surface area contributed by atoms with Crippen molar-refractivity contribution in [1.29, 1.82) is 0 Å². The Morgan fingerprint density at radius 3 is 1.19 bits per heavy atom. The average molecular weight is 1600 g/mol. The minimum atomic E-state index is -1.67. The molecule has 0 bridgehead atoms. The third-order valence-electron chi connectivity index (χ3n) is 16.9. The number of terminal acetylenes is 1. The molecule has 2 aliphatic carbocycles. The van der Waals surface area contributed by atoms with Crippen molar-refractivity contribution in [3.63, 3.8) is 0 Å². The molecule has 16 nitrogen and oxygen atoms in total. The molecule has 102 heavy (non-hydrogen) atoms. The van der Waals surface area contributed by atoms with E-state index in [-0.39, 0.29) is 52.9 Å². The number of aliphatic hydroxyl groups excluding tert-OH is 2. The van der Waals surface area contributed by atoms with Crippen LogP contribution in [-0.2, 0) is 47.8 Å². The van der Waals surface area contributed by atoms with Gasteiger partial charge < -0.3 is 39.7 Å². The van der Waals surface area contributed by atoms with E-state index in [0.29, 0.717) is 67.6 Å². The molecule has 4 N–H and O–H groups in total. The molecule has 4 atom stereocenters. The van der Waals surface area contributed by atoms with Crippen LogP contribution in [0.5, 0.6) is 0 Å². The summed E-state index contributed by atoms with van der Waals surface area (Å²) in [5, 5.41) is 57.4. The van der Waals surface area contributed by atoms with Gasteiger partial charge in [0.15, 0.2) is 11.4 Å². The van der Waals surface area contributed by atoms with Crippen LogP contribution < -0.4 is 31.8 Å². The Labute approximate surface area is 622 Å². The first kappa shape index (κ1) is 77.8. The quantitative estimate of drug-likeness (QED) is 0.0390. The number of hydrogen-bond acceptors (Lipinski definition) is 12. The molecule has 0 saturated carbocycles. The third-order valence-corrected chi connectivity index (χ3v) is 22.2. The number of likely N-dealkylation sites (N-methyl/N-ethyl adjacent to an activating group) is 2. The summed E-state index contributed by atoms with van der Waals surface area (Å²) in [5.74, 6) is 5.87. The summed E-state index contributed by atoms with van der Waals surface area (Å²) in [5.41, 5.74) is 2.05. The molecule has 4 heterocycles. The van der Waals surface area contributed by atoms with E-state index in [0.717, 1.165) is 21.5 Å². The summed E-state index contributed by atoms with van der Waals surface area (Å²) < 4.78 is 14.4. The van der Waals surface area contributed by atoms with E-state index in [1.807, 2.05) is 30.3 Å². The Bertz CT molecular complexity index is 4250. The number of carbonyl (C=O) groups excluding carboxylic acids is 4. The number of aliphatic hydroxyl groups is 4. The molecule has 14 rings (SSSR count). The molecule has 2 amide bonds. The molecule has 0 spiro atoms. The molecular formula is C80H77BrCl2N6O10P2Pd. The zero-order valence-electron chi connectivity index (χ0n) is 56.5. The Morgan fingerprint density at radius 1 is 0.549 bits per heavy atom. The second kappa shape index (κ2) is 37.7. The number of carbonyl (C=O) groups is 4. The van der Waals surface area contributed by atoms with E-state index < -0.39 is 57.1 Å². The van der Waals surface area contributed by atoms with Gasteiger partial charge in [0.25, 0.3) is 11.8 Å². The van der Waals surface area contributed by atoms with Gasteiger partial charge in [0.1, 0.15) is 0 Å². The van der Waals surface area contributed by atoms with Gasteiger partial charge in [-0.25, -0.2) is 19.0 Å². The number of rotatable bonds is 12. The van der Waals surface area contributed by atoms with Crippen LogP contribution >= 0.6 is 50.8 Å². The van der Waals surface area contributed by atoms with Gasteiger partial charge in [0.2, 0.25) is 11.2 Å². The van der Waals surface area contributed by atoms with Crippen LogP contribution in [0.4, 0.5) is 0 Å². The van der Waals surface area contributed by atoms with Crippen molar-refractivity contribution in [1.82, 2.24) is 29.4 Å². The van der Waals surface area contributed by atoms with Crippen molar-refractivity contribution >= 4 is 106 Å². The summed E-state index contributed by atoms with van der Waals surface area (Å²) in [6.07, 6.45) is 6.57. The van der Waals surface area contributed by atoms with E-state index in [4.69, 9.17) is 35.0 Å². The summed E-state index contributed by atoms with van der Waals surface area (Å²) in [6, 6.07) is 79.5. The molecular weight excluding hydrogens is 1520 g/mol. The fourth-order valence-electron chi connectivity index (χ4n) is 11.9. The van der Waals surface area contributed by atoms with Gasteiger partial charge in [-0.05, 0) is 124 Å². The predicted octanol–water partition coefficient (Wildman–Crippen LogP) is 11.2. The summed E-state index contributed by atoms with van der Waals surface area (Å²) in [7, 11) is 12.0. The molecule has 2 fully saturated rings. The number of amides is 2. The second-order valence-electron chi connectivity index (χ2n) is 23.6. The summed E-state index contributed by atoms with van der Waals surface area (Å²) in [6.45, 7) is 4.97. The number of ether oxygens (including phenoxy) is 2. The van der Waals surface area contributed by atoms with Gasteiger partial charge in [-0.15, -0.1) is 6.42 Å². The molecule has 528 valence electrons. The van der Waals surface area contributed by atoms with Crippen LogP contribution in [0.1, 0.15) is 101 Å². The largest absolute Gasteiger partial charge is 0.0622 e. The molecule has 2 aliphatic heterocycles.